The van der Waals surface area contributed by atoms with Crippen LogP contribution in [0.2, 0.25) is 49.9 Å². The Labute approximate surface area is 287 Å². The van der Waals surface area contributed by atoms with Gasteiger partial charge in [-0.3, -0.25) is 9.46 Å². The van der Waals surface area contributed by atoms with E-state index in [9.17, 15) is 0 Å². The third kappa shape index (κ3) is 34.0. The number of rotatable bonds is 18. The second-order valence-electron chi connectivity index (χ2n) is 12.3. The maximum absolute atomic E-state index is 7.22. The van der Waals surface area contributed by atoms with Gasteiger partial charge in [0.15, 0.2) is 8.32 Å². The van der Waals surface area contributed by atoms with E-state index in [-0.39, 0.29) is 44.6 Å². The zero-order valence-corrected chi connectivity index (χ0v) is 31.4. The molecule has 0 spiro atoms. The van der Waals surface area contributed by atoms with Crippen LogP contribution in [0.3, 0.4) is 0 Å². The van der Waals surface area contributed by atoms with Crippen LogP contribution in [0.1, 0.15) is 148 Å². The van der Waals surface area contributed by atoms with E-state index in [1.54, 1.807) is 21.3 Å². The SMILES string of the molecule is C.C.C.C.C.C.CCCCCCCCCCCCCC[Si]1(C)O[Si](C)(CC(C)[SiH2]OOC)CCCCO[Si](C)(C)O1.COC. The van der Waals surface area contributed by atoms with Crippen molar-refractivity contribution in [3.8, 4) is 0 Å². The largest absolute Gasteiger partial charge is 0.436 e. The highest BCUT2D eigenvalue weighted by Crippen LogP contribution is 2.35. The summed E-state index contributed by atoms with van der Waals surface area (Å²) in [7, 11) is -2.16. The average molecular weight is 707 g/mol. The predicted molar refractivity (Wildman–Crippen MR) is 213 cm³/mol. The Balaban J connectivity index is -0.000000291. The van der Waals surface area contributed by atoms with Crippen LogP contribution in [0.4, 0.5) is 0 Å². The lowest BCUT2D eigenvalue weighted by Crippen LogP contribution is -2.56. The van der Waals surface area contributed by atoms with Crippen LogP contribution in [-0.4, -0.2) is 63.1 Å². The van der Waals surface area contributed by atoms with Crippen LogP contribution < -0.4 is 0 Å². The molecule has 0 bridgehead atoms. The summed E-state index contributed by atoms with van der Waals surface area (Å²) in [6, 6.07) is 3.47. The quantitative estimate of drug-likeness (QED) is 0.0612. The summed E-state index contributed by atoms with van der Waals surface area (Å²) in [5.74, 6) is 0. The summed E-state index contributed by atoms with van der Waals surface area (Å²) in [5.41, 5.74) is 0.570. The molecule has 1 fully saturated rings. The smallest absolute Gasteiger partial charge is 0.322 e. The molecule has 0 N–H and O–H groups in total. The molecule has 0 radical (unpaired) electrons. The van der Waals surface area contributed by atoms with E-state index >= 15 is 0 Å². The van der Waals surface area contributed by atoms with E-state index in [0.717, 1.165) is 25.1 Å². The van der Waals surface area contributed by atoms with E-state index in [0.29, 0.717) is 5.54 Å². The Hall–Kier alpha value is 0.628. The van der Waals surface area contributed by atoms with Crippen molar-refractivity contribution in [1.29, 1.82) is 0 Å². The maximum atomic E-state index is 7.22. The fraction of sp³-hybridized carbons (Fsp3) is 1.00. The number of hydrogen-bond acceptors (Lipinski definition) is 6. The third-order valence-electron chi connectivity index (χ3n) is 7.21. The molecule has 44 heavy (non-hydrogen) atoms. The van der Waals surface area contributed by atoms with Crippen molar-refractivity contribution in [2.24, 2.45) is 0 Å². The van der Waals surface area contributed by atoms with Gasteiger partial charge in [0.1, 0.15) is 0 Å². The van der Waals surface area contributed by atoms with Crippen LogP contribution in [0.15, 0.2) is 0 Å². The molecule has 1 aliphatic rings. The van der Waals surface area contributed by atoms with Crippen molar-refractivity contribution < 1.29 is 26.9 Å². The molecule has 1 aliphatic heterocycles. The van der Waals surface area contributed by atoms with Crippen LogP contribution >= 0.6 is 0 Å². The number of unbranched alkanes of at least 4 members (excludes halogenated alkanes) is 11. The lowest BCUT2D eigenvalue weighted by atomic mass is 10.1. The maximum Gasteiger partial charge on any atom is 0.322 e. The van der Waals surface area contributed by atoms with Crippen LogP contribution in [0, 0.1) is 0 Å². The highest BCUT2D eigenvalue weighted by molar-refractivity contribution is 6.87. The summed E-state index contributed by atoms with van der Waals surface area (Å²) in [4.78, 5) is 4.92. The second kappa shape index (κ2) is 36.5. The molecule has 278 valence electrons. The molecular formula is C34H90O6Si4. The van der Waals surface area contributed by atoms with Crippen molar-refractivity contribution in [2.45, 2.75) is 198 Å². The molecule has 1 rings (SSSR count). The summed E-state index contributed by atoms with van der Waals surface area (Å²) in [5, 5.41) is 0. The lowest BCUT2D eigenvalue weighted by molar-refractivity contribution is -0.180. The van der Waals surface area contributed by atoms with Gasteiger partial charge in [0.25, 0.3) is 0 Å². The van der Waals surface area contributed by atoms with Gasteiger partial charge in [-0.15, -0.1) is 0 Å². The van der Waals surface area contributed by atoms with Gasteiger partial charge >= 0.3 is 17.1 Å². The highest BCUT2D eigenvalue weighted by atomic mass is 28.5. The minimum atomic E-state index is -2.30. The first kappa shape index (κ1) is 60.0. The van der Waals surface area contributed by atoms with E-state index in [1.165, 1.54) is 89.5 Å². The predicted octanol–water partition coefficient (Wildman–Crippen LogP) is 12.4. The van der Waals surface area contributed by atoms with Gasteiger partial charge < -0.3 is 17.4 Å². The summed E-state index contributed by atoms with van der Waals surface area (Å²) < 4.78 is 30.0. The van der Waals surface area contributed by atoms with Gasteiger partial charge in [-0.1, -0.05) is 142 Å². The fourth-order valence-electron chi connectivity index (χ4n) is 5.57. The van der Waals surface area contributed by atoms with Gasteiger partial charge in [0, 0.05) is 20.8 Å². The molecule has 0 saturated carbocycles. The summed E-state index contributed by atoms with van der Waals surface area (Å²) >= 11 is 0. The van der Waals surface area contributed by atoms with E-state index in [2.05, 4.69) is 44.8 Å². The zero-order valence-electron chi connectivity index (χ0n) is 27.0. The van der Waals surface area contributed by atoms with E-state index in [1.807, 2.05) is 0 Å². The van der Waals surface area contributed by atoms with Gasteiger partial charge in [0.2, 0.25) is 9.76 Å². The van der Waals surface area contributed by atoms with Crippen LogP contribution in [0.25, 0.3) is 0 Å². The van der Waals surface area contributed by atoms with Gasteiger partial charge in [-0.25, -0.2) is 0 Å². The molecule has 0 aromatic carbocycles. The van der Waals surface area contributed by atoms with Crippen molar-refractivity contribution >= 4 is 35.2 Å². The van der Waals surface area contributed by atoms with E-state index in [4.69, 9.17) is 22.1 Å². The van der Waals surface area contributed by atoms with Crippen LogP contribution in [-0.2, 0) is 26.9 Å². The molecule has 1 saturated heterocycles. The van der Waals surface area contributed by atoms with Crippen molar-refractivity contribution in [2.75, 3.05) is 27.9 Å². The third-order valence-corrected chi connectivity index (χ3v) is 21.5. The highest BCUT2D eigenvalue weighted by Gasteiger charge is 2.46. The van der Waals surface area contributed by atoms with Crippen molar-refractivity contribution in [1.82, 2.24) is 0 Å². The molecule has 0 aromatic rings. The van der Waals surface area contributed by atoms with Gasteiger partial charge in [0.05, 0.1) is 7.11 Å². The van der Waals surface area contributed by atoms with Gasteiger partial charge in [-0.05, 0) is 56.3 Å². The first-order valence-electron chi connectivity index (χ1n) is 15.7. The standard InChI is InChI=1S/C26H60O5Si4.C2H6O.6CH4/c1-8-9-10-11-12-13-14-15-16-17-18-20-24-35(7)30-33(4,5)28-22-19-21-23-34(6,31-35)25-26(2)32-29-27-3;1-3-2;;;;;;/h26H,8-25,32H2,1-7H3;1-2H3;6*1H4. The Bertz CT molecular complexity index is 548. The average Bonchev–Trinajstić information content (AvgIpc) is 2.82. The molecule has 6 nitrogen and oxygen atoms in total. The molecule has 1 heterocycles. The second-order valence-corrected chi connectivity index (χ2v) is 25.6. The Morgan fingerprint density at radius 1 is 0.682 bits per heavy atom. The van der Waals surface area contributed by atoms with Crippen molar-refractivity contribution in [3.63, 3.8) is 0 Å². The number of ether oxygens (including phenoxy) is 1. The summed E-state index contributed by atoms with van der Waals surface area (Å²) in [6.45, 7) is 14.7. The van der Waals surface area contributed by atoms with Crippen LogP contribution in [0.5, 0.6) is 0 Å². The Morgan fingerprint density at radius 3 is 1.59 bits per heavy atom. The monoisotopic (exact) mass is 707 g/mol. The minimum absolute atomic E-state index is 0. The lowest BCUT2D eigenvalue weighted by Gasteiger charge is -2.43. The van der Waals surface area contributed by atoms with E-state index < -0.39 is 35.2 Å². The molecular weight excluding hydrogens is 617 g/mol. The fourth-order valence-corrected chi connectivity index (χ4v) is 23.1. The first-order chi connectivity index (χ1) is 18.1. The zero-order chi connectivity index (χ0) is 28.8. The molecule has 0 aliphatic carbocycles. The molecule has 3 atom stereocenters. The number of methoxy groups -OCH3 is 1. The topological polar surface area (TPSA) is 55.4 Å². The molecule has 10 heteroatoms. The minimum Gasteiger partial charge on any atom is -0.436 e. The molecule has 0 aromatic heterocycles. The number of hydrogen-bond donors (Lipinski definition) is 0. The normalized spacial score (nSPS) is 21.8. The summed E-state index contributed by atoms with van der Waals surface area (Å²) in [6.07, 6.45) is 18.9. The first-order valence-corrected chi connectivity index (χ1v) is 25.2. The Morgan fingerprint density at radius 2 is 1.14 bits per heavy atom. The van der Waals surface area contributed by atoms with Gasteiger partial charge in [-0.2, -0.15) is 0 Å². The molecule has 3 unspecified atom stereocenters. The van der Waals surface area contributed by atoms with Crippen molar-refractivity contribution in [3.05, 3.63) is 0 Å². The molecule has 0 amide bonds. The Kier molecular flexibility index (Phi) is 49.7.